The van der Waals surface area contributed by atoms with Gasteiger partial charge >= 0.3 is 17.8 Å². The fraction of sp³-hybridized carbons (Fsp3) is 0.357. The third kappa shape index (κ3) is 3.50. The topological polar surface area (TPSA) is 87.2 Å². The van der Waals surface area contributed by atoms with E-state index in [0.29, 0.717) is 18.8 Å². The number of piperazine rings is 1. The van der Waals surface area contributed by atoms with E-state index in [1.165, 1.54) is 21.9 Å². The number of carbonyl (C=O) groups excluding carboxylic acids is 2. The number of carbonyl (C=O) groups is 3. The Hall–Kier alpha value is -2.57. The minimum atomic E-state index is -1.03. The first-order valence-electron chi connectivity index (χ1n) is 6.49. The zero-order valence-electron chi connectivity index (χ0n) is 11.6. The van der Waals surface area contributed by atoms with Crippen molar-refractivity contribution in [3.05, 3.63) is 29.8 Å². The third-order valence-electron chi connectivity index (χ3n) is 3.23. The van der Waals surface area contributed by atoms with E-state index in [1.54, 1.807) is 19.2 Å². The fourth-order valence-corrected chi connectivity index (χ4v) is 1.98. The van der Waals surface area contributed by atoms with Crippen LogP contribution in [0.1, 0.15) is 10.4 Å². The molecule has 0 spiro atoms. The molecule has 2 amide bonds. The van der Waals surface area contributed by atoms with Gasteiger partial charge in [-0.3, -0.25) is 9.59 Å². The quantitative estimate of drug-likeness (QED) is 0.776. The molecule has 1 saturated heterocycles. The Morgan fingerprint density at radius 1 is 1.29 bits per heavy atom. The van der Waals surface area contributed by atoms with Crippen LogP contribution in [-0.4, -0.2) is 66.0 Å². The summed E-state index contributed by atoms with van der Waals surface area (Å²) < 4.78 is 5.43. The minimum Gasteiger partial charge on any atom is -0.492 e. The maximum absolute atomic E-state index is 11.7. The highest BCUT2D eigenvalue weighted by molar-refractivity contribution is 6.35. The van der Waals surface area contributed by atoms with Gasteiger partial charge in [-0.15, -0.1) is 0 Å². The molecule has 1 N–H and O–H groups in total. The zero-order valence-corrected chi connectivity index (χ0v) is 11.6. The van der Waals surface area contributed by atoms with Crippen LogP contribution in [0.3, 0.4) is 0 Å². The molecule has 0 aromatic heterocycles. The van der Waals surface area contributed by atoms with Crippen molar-refractivity contribution in [3.8, 4) is 5.75 Å². The summed E-state index contributed by atoms with van der Waals surface area (Å²) in [6.07, 6.45) is 0. The maximum Gasteiger partial charge on any atom is 0.335 e. The Balaban J connectivity index is 1.87. The van der Waals surface area contributed by atoms with E-state index in [1.807, 2.05) is 0 Å². The van der Waals surface area contributed by atoms with E-state index in [2.05, 4.69) is 0 Å². The number of hydrogen-bond donors (Lipinski definition) is 1. The number of carboxylic acid groups (broad SMARTS) is 1. The fourth-order valence-electron chi connectivity index (χ4n) is 1.98. The summed E-state index contributed by atoms with van der Waals surface area (Å²) in [6, 6.07) is 6.11. The third-order valence-corrected chi connectivity index (χ3v) is 3.23. The Morgan fingerprint density at radius 3 is 2.76 bits per heavy atom. The van der Waals surface area contributed by atoms with E-state index >= 15 is 0 Å². The molecule has 0 unspecified atom stereocenters. The molecular weight excluding hydrogens is 276 g/mol. The van der Waals surface area contributed by atoms with E-state index in [4.69, 9.17) is 9.84 Å². The van der Waals surface area contributed by atoms with E-state index in [-0.39, 0.29) is 18.7 Å². The number of ether oxygens (including phenoxy) is 1. The van der Waals surface area contributed by atoms with Crippen LogP contribution in [0, 0.1) is 0 Å². The van der Waals surface area contributed by atoms with Crippen LogP contribution in [0.4, 0.5) is 0 Å². The largest absolute Gasteiger partial charge is 0.492 e. The average Bonchev–Trinajstić information content (AvgIpc) is 2.47. The number of benzene rings is 1. The van der Waals surface area contributed by atoms with Crippen molar-refractivity contribution < 1.29 is 24.2 Å². The van der Waals surface area contributed by atoms with Gasteiger partial charge in [-0.05, 0) is 18.2 Å². The van der Waals surface area contributed by atoms with Crippen LogP contribution in [0.5, 0.6) is 5.75 Å². The van der Waals surface area contributed by atoms with Crippen molar-refractivity contribution in [1.82, 2.24) is 9.80 Å². The molecule has 1 aliphatic rings. The van der Waals surface area contributed by atoms with Gasteiger partial charge in [-0.25, -0.2) is 4.79 Å². The van der Waals surface area contributed by atoms with E-state index in [9.17, 15) is 14.4 Å². The summed E-state index contributed by atoms with van der Waals surface area (Å²) in [7, 11) is 1.59. The number of nitrogens with zero attached hydrogens (tertiary/aromatic N) is 2. The molecule has 1 aromatic rings. The summed E-state index contributed by atoms with van der Waals surface area (Å²) in [6.45, 7) is 1.46. The molecule has 1 aliphatic heterocycles. The summed E-state index contributed by atoms with van der Waals surface area (Å²) in [5.74, 6) is -1.66. The van der Waals surface area contributed by atoms with Crippen molar-refractivity contribution in [2.75, 3.05) is 33.3 Å². The lowest BCUT2D eigenvalue weighted by atomic mass is 10.2. The second-order valence-corrected chi connectivity index (χ2v) is 4.70. The van der Waals surface area contributed by atoms with Gasteiger partial charge in [-0.1, -0.05) is 6.07 Å². The Kier molecular flexibility index (Phi) is 4.42. The van der Waals surface area contributed by atoms with Gasteiger partial charge in [0.15, 0.2) is 0 Å². The molecule has 21 heavy (non-hydrogen) atoms. The summed E-state index contributed by atoms with van der Waals surface area (Å²) in [5, 5.41) is 8.88. The van der Waals surface area contributed by atoms with E-state index in [0.717, 1.165) is 0 Å². The van der Waals surface area contributed by atoms with Crippen LogP contribution >= 0.6 is 0 Å². The average molecular weight is 292 g/mol. The number of carboxylic acids is 1. The van der Waals surface area contributed by atoms with Gasteiger partial charge in [0.25, 0.3) is 0 Å². The van der Waals surface area contributed by atoms with Crippen LogP contribution in [0.15, 0.2) is 24.3 Å². The predicted octanol–water partition coefficient (Wildman–Crippen LogP) is 0.0642. The van der Waals surface area contributed by atoms with Gasteiger partial charge in [0.1, 0.15) is 12.4 Å². The molecule has 112 valence electrons. The highest BCUT2D eigenvalue weighted by atomic mass is 16.5. The second kappa shape index (κ2) is 6.25. The predicted molar refractivity (Wildman–Crippen MR) is 73.1 cm³/mol. The summed E-state index contributed by atoms with van der Waals surface area (Å²) in [4.78, 5) is 36.9. The van der Waals surface area contributed by atoms with Gasteiger partial charge in [0, 0.05) is 20.1 Å². The Labute approximate surface area is 121 Å². The highest BCUT2D eigenvalue weighted by Gasteiger charge is 2.29. The summed E-state index contributed by atoms with van der Waals surface area (Å²) in [5.41, 5.74) is 0.137. The molecule has 0 saturated carbocycles. The molecule has 1 fully saturated rings. The van der Waals surface area contributed by atoms with Crippen molar-refractivity contribution in [3.63, 3.8) is 0 Å². The standard InChI is InChI=1S/C14H16N2O5/c1-15-5-6-16(13(18)12(15)17)7-8-21-11-4-2-3-10(9-11)14(19)20/h2-4,9H,5-8H2,1H3,(H,19,20). The van der Waals surface area contributed by atoms with Gasteiger partial charge in [0.2, 0.25) is 0 Å². The van der Waals surface area contributed by atoms with Crippen LogP contribution < -0.4 is 4.74 Å². The molecule has 1 aromatic carbocycles. The molecule has 7 heteroatoms. The first-order valence-corrected chi connectivity index (χ1v) is 6.49. The Morgan fingerprint density at radius 2 is 2.05 bits per heavy atom. The molecule has 0 atom stereocenters. The Bertz CT molecular complexity index is 572. The molecule has 2 rings (SSSR count). The lowest BCUT2D eigenvalue weighted by molar-refractivity contribution is -0.155. The van der Waals surface area contributed by atoms with Crippen LogP contribution in [-0.2, 0) is 9.59 Å². The first-order chi connectivity index (χ1) is 9.99. The van der Waals surface area contributed by atoms with Crippen molar-refractivity contribution in [2.45, 2.75) is 0 Å². The van der Waals surface area contributed by atoms with Crippen LogP contribution in [0.2, 0.25) is 0 Å². The minimum absolute atomic E-state index is 0.137. The molecular formula is C14H16N2O5. The SMILES string of the molecule is CN1CCN(CCOc2cccc(C(=O)O)c2)C(=O)C1=O. The number of aromatic carboxylic acids is 1. The summed E-state index contributed by atoms with van der Waals surface area (Å²) >= 11 is 0. The van der Waals surface area contributed by atoms with Gasteiger partial charge in [-0.2, -0.15) is 0 Å². The highest BCUT2D eigenvalue weighted by Crippen LogP contribution is 2.13. The van der Waals surface area contributed by atoms with Gasteiger partial charge < -0.3 is 19.6 Å². The number of hydrogen-bond acceptors (Lipinski definition) is 4. The lowest BCUT2D eigenvalue weighted by Crippen LogP contribution is -2.53. The molecule has 0 radical (unpaired) electrons. The van der Waals surface area contributed by atoms with Crippen molar-refractivity contribution in [2.24, 2.45) is 0 Å². The molecule has 1 heterocycles. The monoisotopic (exact) mass is 292 g/mol. The number of amides is 2. The second-order valence-electron chi connectivity index (χ2n) is 4.70. The number of rotatable bonds is 5. The lowest BCUT2D eigenvalue weighted by Gasteiger charge is -2.31. The normalized spacial score (nSPS) is 15.3. The van der Waals surface area contributed by atoms with Crippen molar-refractivity contribution in [1.29, 1.82) is 0 Å². The zero-order chi connectivity index (χ0) is 15.4. The van der Waals surface area contributed by atoms with Crippen LogP contribution in [0.25, 0.3) is 0 Å². The molecule has 7 nitrogen and oxygen atoms in total. The molecule has 0 bridgehead atoms. The molecule has 0 aliphatic carbocycles. The van der Waals surface area contributed by atoms with E-state index < -0.39 is 17.8 Å². The number of likely N-dealkylation sites (N-methyl/N-ethyl adjacent to an activating group) is 1. The smallest absolute Gasteiger partial charge is 0.335 e. The first kappa shape index (κ1) is 14.8. The maximum atomic E-state index is 11.7. The van der Waals surface area contributed by atoms with Crippen molar-refractivity contribution >= 4 is 17.8 Å². The van der Waals surface area contributed by atoms with Gasteiger partial charge in [0.05, 0.1) is 12.1 Å².